The smallest absolute Gasteiger partial charge is 0.244 e. The summed E-state index contributed by atoms with van der Waals surface area (Å²) in [5.41, 5.74) is 0.686. The Kier molecular flexibility index (Phi) is 4.25. The Morgan fingerprint density at radius 2 is 1.86 bits per heavy atom. The Bertz CT molecular complexity index is 1120. The molecule has 0 unspecified atom stereocenters. The second-order valence-electron chi connectivity index (χ2n) is 7.73. The highest BCUT2D eigenvalue weighted by Gasteiger charge is 2.45. The molecule has 0 amide bonds. The molecule has 28 heavy (non-hydrogen) atoms. The van der Waals surface area contributed by atoms with Crippen LogP contribution in [0.1, 0.15) is 12.8 Å². The Morgan fingerprint density at radius 3 is 2.54 bits per heavy atom. The van der Waals surface area contributed by atoms with Gasteiger partial charge in [0, 0.05) is 56.4 Å². The van der Waals surface area contributed by atoms with E-state index in [1.807, 2.05) is 35.8 Å². The van der Waals surface area contributed by atoms with Crippen LogP contribution in [0.4, 0.5) is 0 Å². The van der Waals surface area contributed by atoms with Gasteiger partial charge in [0.1, 0.15) is 4.90 Å². The number of sulfonamides is 1. The number of rotatable bonds is 4. The van der Waals surface area contributed by atoms with Crippen LogP contribution in [0.15, 0.2) is 40.9 Å². The Hall–Kier alpha value is -1.91. The summed E-state index contributed by atoms with van der Waals surface area (Å²) in [5.74, 6) is 0.838. The average Bonchev–Trinajstić information content (AvgIpc) is 3.41. The van der Waals surface area contributed by atoms with Gasteiger partial charge in [0.05, 0.1) is 6.20 Å². The van der Waals surface area contributed by atoms with Crippen molar-refractivity contribution < 1.29 is 8.42 Å². The van der Waals surface area contributed by atoms with Crippen molar-refractivity contribution in [2.45, 2.75) is 28.1 Å². The molecular weight excluding hydrogens is 396 g/mol. The molecule has 3 atom stereocenters. The van der Waals surface area contributed by atoms with Crippen LogP contribution in [0.25, 0.3) is 11.0 Å². The molecule has 0 spiro atoms. The maximum Gasteiger partial charge on any atom is 0.244 e. The number of thioether (sulfide) groups is 1. The quantitative estimate of drug-likeness (QED) is 0.643. The van der Waals surface area contributed by atoms with Crippen molar-refractivity contribution in [3.05, 3.63) is 30.9 Å². The molecule has 0 N–H and O–H groups in total. The lowest BCUT2D eigenvalue weighted by Crippen LogP contribution is -2.30. The lowest BCUT2D eigenvalue weighted by atomic mass is 10.0. The van der Waals surface area contributed by atoms with E-state index in [9.17, 15) is 8.42 Å². The summed E-state index contributed by atoms with van der Waals surface area (Å²) in [6.45, 7) is 1.19. The Balaban J connectivity index is 1.30. The summed E-state index contributed by atoms with van der Waals surface area (Å²) < 4.78 is 31.6. The van der Waals surface area contributed by atoms with Gasteiger partial charge >= 0.3 is 0 Å². The highest BCUT2D eigenvalue weighted by atomic mass is 32.2. The lowest BCUT2D eigenvalue weighted by Gasteiger charge is -2.19. The van der Waals surface area contributed by atoms with Gasteiger partial charge in [-0.25, -0.2) is 18.4 Å². The SMILES string of the molecule is Cn1ccnc1S[C@H]1C[C@@H]2CN(S(=O)(=O)c3cnc4c(cnn4C)c3)C[C@@H]2C1. The predicted molar refractivity (Wildman–Crippen MR) is 106 cm³/mol. The molecule has 3 aromatic heterocycles. The van der Waals surface area contributed by atoms with E-state index < -0.39 is 10.0 Å². The molecule has 0 radical (unpaired) electrons. The third-order valence-corrected chi connectivity index (χ3v) is 9.03. The molecule has 10 heteroatoms. The van der Waals surface area contributed by atoms with E-state index in [1.165, 1.54) is 6.20 Å². The number of fused-ring (bicyclic) bond motifs is 2. The summed E-state index contributed by atoms with van der Waals surface area (Å²) >= 11 is 1.81. The molecule has 148 valence electrons. The van der Waals surface area contributed by atoms with Crippen LogP contribution in [0, 0.1) is 11.8 Å². The van der Waals surface area contributed by atoms with Gasteiger partial charge in [-0.05, 0) is 30.7 Å². The summed E-state index contributed by atoms with van der Waals surface area (Å²) in [7, 11) is 0.276. The van der Waals surface area contributed by atoms with Crippen molar-refractivity contribution in [1.29, 1.82) is 0 Å². The zero-order chi connectivity index (χ0) is 19.5. The number of hydrogen-bond acceptors (Lipinski definition) is 6. The zero-order valence-corrected chi connectivity index (χ0v) is 17.4. The van der Waals surface area contributed by atoms with Crippen molar-refractivity contribution in [3.63, 3.8) is 0 Å². The minimum atomic E-state index is -3.53. The van der Waals surface area contributed by atoms with E-state index in [2.05, 4.69) is 15.1 Å². The number of nitrogens with zero attached hydrogens (tertiary/aromatic N) is 6. The molecule has 3 aromatic rings. The number of aryl methyl sites for hydroxylation is 2. The fraction of sp³-hybridized carbons (Fsp3) is 0.500. The molecule has 8 nitrogen and oxygen atoms in total. The summed E-state index contributed by atoms with van der Waals surface area (Å²) in [5, 5.41) is 6.43. The molecule has 0 bridgehead atoms. The molecule has 1 aliphatic heterocycles. The third kappa shape index (κ3) is 2.94. The van der Waals surface area contributed by atoms with Crippen molar-refractivity contribution in [2.75, 3.05) is 13.1 Å². The molecular formula is C18H22N6O2S2. The number of aromatic nitrogens is 5. The van der Waals surface area contributed by atoms with E-state index in [1.54, 1.807) is 28.3 Å². The second-order valence-corrected chi connectivity index (χ2v) is 10.9. The van der Waals surface area contributed by atoms with Crippen LogP contribution in [0.3, 0.4) is 0 Å². The third-order valence-electron chi connectivity index (χ3n) is 5.91. The maximum atomic E-state index is 13.1. The maximum absolute atomic E-state index is 13.1. The fourth-order valence-corrected chi connectivity index (χ4v) is 7.29. The summed E-state index contributed by atoms with van der Waals surface area (Å²) in [6, 6.07) is 1.68. The summed E-state index contributed by atoms with van der Waals surface area (Å²) in [4.78, 5) is 8.95. The molecule has 0 aromatic carbocycles. The minimum absolute atomic E-state index is 0.256. The minimum Gasteiger partial charge on any atom is -0.329 e. The number of imidazole rings is 1. The van der Waals surface area contributed by atoms with Crippen LogP contribution in [-0.4, -0.2) is 55.4 Å². The van der Waals surface area contributed by atoms with Crippen molar-refractivity contribution in [3.8, 4) is 0 Å². The first kappa shape index (κ1) is 18.1. The van der Waals surface area contributed by atoms with Crippen molar-refractivity contribution >= 4 is 32.8 Å². The van der Waals surface area contributed by atoms with Gasteiger partial charge in [-0.2, -0.15) is 9.40 Å². The van der Waals surface area contributed by atoms with E-state index >= 15 is 0 Å². The van der Waals surface area contributed by atoms with Crippen LogP contribution < -0.4 is 0 Å². The largest absolute Gasteiger partial charge is 0.329 e. The van der Waals surface area contributed by atoms with E-state index in [-0.39, 0.29) is 4.90 Å². The van der Waals surface area contributed by atoms with Gasteiger partial charge in [0.2, 0.25) is 10.0 Å². The lowest BCUT2D eigenvalue weighted by molar-refractivity contribution is 0.446. The van der Waals surface area contributed by atoms with Gasteiger partial charge in [0.25, 0.3) is 0 Å². The van der Waals surface area contributed by atoms with Crippen LogP contribution in [-0.2, 0) is 24.1 Å². The molecule has 2 fully saturated rings. The van der Waals surface area contributed by atoms with Crippen molar-refractivity contribution in [1.82, 2.24) is 28.6 Å². The van der Waals surface area contributed by atoms with E-state index in [0.717, 1.165) is 23.4 Å². The topological polar surface area (TPSA) is 85.9 Å². The molecule has 1 aliphatic carbocycles. The highest BCUT2D eigenvalue weighted by Crippen LogP contribution is 2.45. The standard InChI is InChI=1S/C18H22N6O2S2/c1-22-4-3-19-18(22)27-15-5-13-10-24(11-14(13)6-15)28(25,26)16-7-12-8-21-23(2)17(12)20-9-16/h3-4,7-9,13-15H,5-6,10-11H2,1-2H3/t13-,14+,15+. The first-order valence-corrected chi connectivity index (χ1v) is 11.7. The van der Waals surface area contributed by atoms with Crippen LogP contribution in [0.2, 0.25) is 0 Å². The molecule has 2 aliphatic rings. The van der Waals surface area contributed by atoms with E-state index in [0.29, 0.717) is 35.8 Å². The van der Waals surface area contributed by atoms with Gasteiger partial charge in [-0.1, -0.05) is 11.8 Å². The predicted octanol–water partition coefficient (Wildman–Crippen LogP) is 1.89. The van der Waals surface area contributed by atoms with E-state index in [4.69, 9.17) is 0 Å². The van der Waals surface area contributed by atoms with Gasteiger partial charge < -0.3 is 4.57 Å². The Labute approximate surface area is 168 Å². The second kappa shape index (κ2) is 6.57. The highest BCUT2D eigenvalue weighted by molar-refractivity contribution is 7.99. The number of pyridine rings is 1. The van der Waals surface area contributed by atoms with Crippen molar-refractivity contribution in [2.24, 2.45) is 25.9 Å². The molecule has 1 saturated carbocycles. The zero-order valence-electron chi connectivity index (χ0n) is 15.8. The number of hydrogen-bond donors (Lipinski definition) is 0. The van der Waals surface area contributed by atoms with Crippen LogP contribution >= 0.6 is 11.8 Å². The normalized spacial score (nSPS) is 25.6. The first-order chi connectivity index (χ1) is 13.4. The van der Waals surface area contributed by atoms with Gasteiger partial charge in [-0.3, -0.25) is 4.68 Å². The first-order valence-electron chi connectivity index (χ1n) is 9.33. The fourth-order valence-electron chi connectivity index (χ4n) is 4.42. The van der Waals surface area contributed by atoms with Gasteiger partial charge in [-0.15, -0.1) is 0 Å². The average molecular weight is 419 g/mol. The van der Waals surface area contributed by atoms with Gasteiger partial charge in [0.15, 0.2) is 10.8 Å². The van der Waals surface area contributed by atoms with Crippen LogP contribution in [0.5, 0.6) is 0 Å². The molecule has 5 rings (SSSR count). The monoisotopic (exact) mass is 418 g/mol. The molecule has 1 saturated heterocycles. The summed E-state index contributed by atoms with van der Waals surface area (Å²) in [6.07, 6.45) is 8.95. The molecule has 4 heterocycles. The Morgan fingerprint density at radius 1 is 1.11 bits per heavy atom.